The van der Waals surface area contributed by atoms with Crippen molar-refractivity contribution in [2.75, 3.05) is 6.54 Å². The van der Waals surface area contributed by atoms with E-state index in [1.54, 1.807) is 4.68 Å². The third-order valence-corrected chi connectivity index (χ3v) is 2.69. The van der Waals surface area contributed by atoms with Gasteiger partial charge in [-0.05, 0) is 37.2 Å². The van der Waals surface area contributed by atoms with Crippen LogP contribution in [0, 0.1) is 6.92 Å². The van der Waals surface area contributed by atoms with E-state index in [2.05, 4.69) is 38.4 Å². The van der Waals surface area contributed by atoms with Gasteiger partial charge in [0.2, 0.25) is 0 Å². The summed E-state index contributed by atoms with van der Waals surface area (Å²) < 4.78 is 2.81. The minimum Gasteiger partial charge on any atom is -0.330 e. The van der Waals surface area contributed by atoms with E-state index >= 15 is 0 Å². The van der Waals surface area contributed by atoms with Gasteiger partial charge in [0.1, 0.15) is 0 Å². The van der Waals surface area contributed by atoms with Crippen LogP contribution in [0.2, 0.25) is 0 Å². The normalized spacial score (nSPS) is 10.7. The smallest absolute Gasteiger partial charge is 0.0844 e. The zero-order chi connectivity index (χ0) is 11.5. The fraction of sp³-hybridized carbons (Fsp3) is 0.273. The van der Waals surface area contributed by atoms with Crippen LogP contribution in [0.25, 0.3) is 5.69 Å². The highest BCUT2D eigenvalue weighted by Gasteiger charge is 2.03. The molecule has 0 aliphatic heterocycles. The van der Waals surface area contributed by atoms with E-state index in [9.17, 15) is 0 Å². The molecule has 0 atom stereocenters. The highest BCUT2D eigenvalue weighted by atomic mass is 79.9. The molecular formula is C11H13BrN4. The molecule has 4 nitrogen and oxygen atoms in total. The Hall–Kier alpha value is -1.20. The van der Waals surface area contributed by atoms with E-state index in [0.29, 0.717) is 6.54 Å². The van der Waals surface area contributed by atoms with Crippen molar-refractivity contribution in [2.24, 2.45) is 5.73 Å². The zero-order valence-corrected chi connectivity index (χ0v) is 10.6. The minimum atomic E-state index is 0.593. The first-order chi connectivity index (χ1) is 7.69. The van der Waals surface area contributed by atoms with E-state index in [-0.39, 0.29) is 0 Å². The molecule has 0 amide bonds. The molecule has 1 heterocycles. The summed E-state index contributed by atoms with van der Waals surface area (Å²) in [6.07, 6.45) is 2.67. The largest absolute Gasteiger partial charge is 0.330 e. The van der Waals surface area contributed by atoms with Crippen molar-refractivity contribution in [3.05, 3.63) is 40.1 Å². The van der Waals surface area contributed by atoms with Gasteiger partial charge in [-0.15, -0.1) is 5.10 Å². The molecule has 1 aromatic carbocycles. The number of hydrogen-bond acceptors (Lipinski definition) is 3. The lowest BCUT2D eigenvalue weighted by molar-refractivity contribution is 0.794. The van der Waals surface area contributed by atoms with Crippen LogP contribution in [0.4, 0.5) is 0 Å². The molecule has 16 heavy (non-hydrogen) atoms. The van der Waals surface area contributed by atoms with Crippen molar-refractivity contribution in [3.8, 4) is 5.69 Å². The molecule has 84 valence electrons. The second-order valence-corrected chi connectivity index (χ2v) is 4.60. The van der Waals surface area contributed by atoms with E-state index in [1.165, 1.54) is 5.56 Å². The van der Waals surface area contributed by atoms with Crippen molar-refractivity contribution in [3.63, 3.8) is 0 Å². The molecule has 2 N–H and O–H groups in total. The van der Waals surface area contributed by atoms with Crippen molar-refractivity contribution in [2.45, 2.75) is 13.3 Å². The second-order valence-electron chi connectivity index (χ2n) is 3.68. The van der Waals surface area contributed by atoms with Crippen LogP contribution in [0.15, 0.2) is 28.9 Å². The van der Waals surface area contributed by atoms with Crippen molar-refractivity contribution < 1.29 is 0 Å². The highest BCUT2D eigenvalue weighted by molar-refractivity contribution is 9.10. The van der Waals surface area contributed by atoms with Crippen molar-refractivity contribution in [1.29, 1.82) is 0 Å². The molecule has 0 unspecified atom stereocenters. The summed E-state index contributed by atoms with van der Waals surface area (Å²) in [4.78, 5) is 0. The maximum atomic E-state index is 5.47. The molecule has 1 aromatic heterocycles. The lowest BCUT2D eigenvalue weighted by Crippen LogP contribution is -2.02. The van der Waals surface area contributed by atoms with Crippen LogP contribution in [0.3, 0.4) is 0 Å². The Morgan fingerprint density at radius 3 is 2.88 bits per heavy atom. The summed E-state index contributed by atoms with van der Waals surface area (Å²) in [6.45, 7) is 2.64. The van der Waals surface area contributed by atoms with Gasteiger partial charge in [-0.3, -0.25) is 0 Å². The van der Waals surface area contributed by atoms with Gasteiger partial charge in [-0.1, -0.05) is 21.1 Å². The number of nitrogens with zero attached hydrogens (tertiary/aromatic N) is 3. The number of aromatic nitrogens is 3. The third kappa shape index (κ3) is 2.48. The molecule has 5 heteroatoms. The van der Waals surface area contributed by atoms with Gasteiger partial charge in [0.15, 0.2) is 0 Å². The molecule has 2 aromatic rings. The van der Waals surface area contributed by atoms with Gasteiger partial charge in [0, 0.05) is 10.9 Å². The molecule has 0 radical (unpaired) electrons. The molecule has 0 saturated carbocycles. The number of benzene rings is 1. The summed E-state index contributed by atoms with van der Waals surface area (Å²) in [5, 5.41) is 8.14. The van der Waals surface area contributed by atoms with Crippen LogP contribution in [0.1, 0.15) is 11.3 Å². The quantitative estimate of drug-likeness (QED) is 0.934. The molecule has 0 spiro atoms. The Morgan fingerprint density at radius 2 is 2.19 bits per heavy atom. The first-order valence-electron chi connectivity index (χ1n) is 5.08. The maximum Gasteiger partial charge on any atom is 0.0844 e. The van der Waals surface area contributed by atoms with E-state index < -0.39 is 0 Å². The Bertz CT molecular complexity index is 472. The van der Waals surface area contributed by atoms with Gasteiger partial charge in [0.25, 0.3) is 0 Å². The molecule has 0 saturated heterocycles. The maximum absolute atomic E-state index is 5.47. The average molecular weight is 281 g/mol. The number of nitrogens with two attached hydrogens (primary N) is 1. The van der Waals surface area contributed by atoms with Crippen molar-refractivity contribution in [1.82, 2.24) is 15.0 Å². The number of hydrogen-bond donors (Lipinski definition) is 1. The van der Waals surface area contributed by atoms with Crippen molar-refractivity contribution >= 4 is 15.9 Å². The zero-order valence-electron chi connectivity index (χ0n) is 9.02. The van der Waals surface area contributed by atoms with Gasteiger partial charge in [-0.25, -0.2) is 4.68 Å². The van der Waals surface area contributed by atoms with Gasteiger partial charge < -0.3 is 5.73 Å². The first-order valence-corrected chi connectivity index (χ1v) is 5.87. The SMILES string of the molecule is Cc1cc(Br)cc(-n2cc(CCN)nn2)c1. The molecular weight excluding hydrogens is 268 g/mol. The molecule has 2 rings (SSSR count). The Morgan fingerprint density at radius 1 is 1.38 bits per heavy atom. The van der Waals surface area contributed by atoms with Crippen LogP contribution < -0.4 is 5.73 Å². The Balaban J connectivity index is 2.34. The molecule has 0 fully saturated rings. The van der Waals surface area contributed by atoms with Gasteiger partial charge in [0.05, 0.1) is 17.6 Å². The number of rotatable bonds is 3. The lowest BCUT2D eigenvalue weighted by Gasteiger charge is -2.02. The first kappa shape index (κ1) is 11.3. The fourth-order valence-electron chi connectivity index (χ4n) is 1.54. The van der Waals surface area contributed by atoms with Gasteiger partial charge in [-0.2, -0.15) is 0 Å². The Kier molecular flexibility index (Phi) is 3.36. The number of halogens is 1. The van der Waals surface area contributed by atoms with E-state index in [0.717, 1.165) is 22.3 Å². The average Bonchev–Trinajstić information content (AvgIpc) is 2.65. The summed E-state index contributed by atoms with van der Waals surface area (Å²) in [7, 11) is 0. The predicted octanol–water partition coefficient (Wildman–Crippen LogP) is 1.84. The van der Waals surface area contributed by atoms with Crippen LogP contribution in [-0.2, 0) is 6.42 Å². The molecule has 0 bridgehead atoms. The van der Waals surface area contributed by atoms with Crippen LogP contribution in [0.5, 0.6) is 0 Å². The standard InChI is InChI=1S/C11H13BrN4/c1-8-4-9(12)6-11(5-8)16-7-10(2-3-13)14-15-16/h4-7H,2-3,13H2,1H3. The third-order valence-electron chi connectivity index (χ3n) is 2.23. The summed E-state index contributed by atoms with van der Waals surface area (Å²) in [6, 6.07) is 6.13. The van der Waals surface area contributed by atoms with Gasteiger partial charge >= 0.3 is 0 Å². The van der Waals surface area contributed by atoms with E-state index in [1.807, 2.05) is 19.2 Å². The van der Waals surface area contributed by atoms with E-state index in [4.69, 9.17) is 5.73 Å². The summed E-state index contributed by atoms with van der Waals surface area (Å²) >= 11 is 3.47. The number of aryl methyl sites for hydroxylation is 1. The topological polar surface area (TPSA) is 56.7 Å². The predicted molar refractivity (Wildman–Crippen MR) is 66.6 cm³/mol. The second kappa shape index (κ2) is 4.76. The minimum absolute atomic E-state index is 0.593. The summed E-state index contributed by atoms with van der Waals surface area (Å²) in [5.41, 5.74) is 8.57. The lowest BCUT2D eigenvalue weighted by atomic mass is 10.2. The molecule has 0 aliphatic rings. The summed E-state index contributed by atoms with van der Waals surface area (Å²) in [5.74, 6) is 0. The monoisotopic (exact) mass is 280 g/mol. The highest BCUT2D eigenvalue weighted by Crippen LogP contribution is 2.17. The molecule has 0 aliphatic carbocycles. The van der Waals surface area contributed by atoms with Crippen LogP contribution in [-0.4, -0.2) is 21.5 Å². The Labute approximate surface area is 103 Å². The fourth-order valence-corrected chi connectivity index (χ4v) is 2.13. The van der Waals surface area contributed by atoms with Crippen LogP contribution >= 0.6 is 15.9 Å².